The molecule has 0 aromatic carbocycles. The summed E-state index contributed by atoms with van der Waals surface area (Å²) < 4.78 is 0. The lowest BCUT2D eigenvalue weighted by Crippen LogP contribution is -2.39. The molecule has 2 heteroatoms. The number of hydrogen-bond donors (Lipinski definition) is 0. The van der Waals surface area contributed by atoms with Gasteiger partial charge in [0, 0.05) is 24.9 Å². The minimum atomic E-state index is 0.265. The number of rotatable bonds is 3. The van der Waals surface area contributed by atoms with Gasteiger partial charge in [-0.25, -0.2) is 0 Å². The van der Waals surface area contributed by atoms with E-state index < -0.39 is 0 Å². The molecule has 1 aliphatic rings. The summed E-state index contributed by atoms with van der Waals surface area (Å²) in [6.07, 6.45) is 2.90. The smallest absolute Gasteiger partial charge is 0.137 e. The number of carbonyl (C=O) groups excluding carboxylic acids is 1. The molecule has 2 nitrogen and oxygen atoms in total. The first kappa shape index (κ1) is 12.7. The molecule has 1 fully saturated rings. The molecule has 1 atom stereocenters. The van der Waals surface area contributed by atoms with Crippen molar-refractivity contribution < 1.29 is 4.79 Å². The molecule has 0 N–H and O–H groups in total. The van der Waals surface area contributed by atoms with Crippen molar-refractivity contribution >= 4 is 5.78 Å². The quantitative estimate of drug-likeness (QED) is 0.715. The van der Waals surface area contributed by atoms with Crippen molar-refractivity contribution in [1.82, 2.24) is 4.90 Å². The van der Waals surface area contributed by atoms with E-state index in [1.807, 2.05) is 0 Å². The molecule has 0 heterocycles. The van der Waals surface area contributed by atoms with Crippen molar-refractivity contribution in [3.8, 4) is 0 Å². The Bertz CT molecular complexity index is 233. The molecule has 0 saturated heterocycles. The maximum absolute atomic E-state index is 11.8. The van der Waals surface area contributed by atoms with E-state index in [9.17, 15) is 4.79 Å². The Kier molecular flexibility index (Phi) is 3.93. The third kappa shape index (κ3) is 3.60. The molecule has 0 aromatic heterocycles. The second-order valence-electron chi connectivity index (χ2n) is 6.06. The fourth-order valence-electron chi connectivity index (χ4n) is 2.27. The van der Waals surface area contributed by atoms with E-state index in [-0.39, 0.29) is 5.92 Å². The number of hydrogen-bond acceptors (Lipinski definition) is 2. The third-order valence-electron chi connectivity index (χ3n) is 3.69. The molecule has 0 amide bonds. The van der Waals surface area contributed by atoms with Gasteiger partial charge in [0.05, 0.1) is 0 Å². The minimum Gasteiger partial charge on any atom is -0.303 e. The predicted molar refractivity (Wildman–Crippen MR) is 63.9 cm³/mol. The van der Waals surface area contributed by atoms with Crippen molar-refractivity contribution in [1.29, 1.82) is 0 Å². The van der Waals surface area contributed by atoms with E-state index >= 15 is 0 Å². The van der Waals surface area contributed by atoms with Crippen LogP contribution >= 0.6 is 0 Å². The molecule has 0 aromatic rings. The van der Waals surface area contributed by atoms with Crippen molar-refractivity contribution in [2.24, 2.45) is 11.3 Å². The Morgan fingerprint density at radius 3 is 2.60 bits per heavy atom. The summed E-state index contributed by atoms with van der Waals surface area (Å²) in [4.78, 5) is 14.1. The fourth-order valence-corrected chi connectivity index (χ4v) is 2.27. The average molecular weight is 211 g/mol. The lowest BCUT2D eigenvalue weighted by Gasteiger charge is -2.36. The summed E-state index contributed by atoms with van der Waals surface area (Å²) in [5.74, 6) is 0.739. The molecule has 15 heavy (non-hydrogen) atoms. The highest BCUT2D eigenvalue weighted by molar-refractivity contribution is 5.82. The second-order valence-corrected chi connectivity index (χ2v) is 6.06. The maximum Gasteiger partial charge on any atom is 0.137 e. The molecular weight excluding hydrogens is 186 g/mol. The summed E-state index contributed by atoms with van der Waals surface area (Å²) in [6, 6.07) is 0.530. The topological polar surface area (TPSA) is 20.3 Å². The molecule has 0 spiro atoms. The van der Waals surface area contributed by atoms with Gasteiger partial charge in [-0.2, -0.15) is 0 Å². The molecule has 88 valence electrons. The number of carbonyl (C=O) groups is 1. The fraction of sp³-hybridized carbons (Fsp3) is 0.923. The highest BCUT2D eigenvalue weighted by Crippen LogP contribution is 2.37. The van der Waals surface area contributed by atoms with Gasteiger partial charge in [0.15, 0.2) is 0 Å². The van der Waals surface area contributed by atoms with Crippen LogP contribution in [0.4, 0.5) is 0 Å². The summed E-state index contributed by atoms with van der Waals surface area (Å²) in [6.45, 7) is 9.85. The SMILES string of the molecule is CC(C)N(C)CC1CC(C)(C)CCC1=O. The van der Waals surface area contributed by atoms with Gasteiger partial charge in [0.1, 0.15) is 5.78 Å². The molecule has 0 radical (unpaired) electrons. The zero-order valence-corrected chi connectivity index (χ0v) is 10.8. The van der Waals surface area contributed by atoms with Gasteiger partial charge < -0.3 is 4.90 Å². The monoisotopic (exact) mass is 211 g/mol. The first-order chi connectivity index (χ1) is 6.82. The van der Waals surface area contributed by atoms with Gasteiger partial charge in [-0.15, -0.1) is 0 Å². The summed E-state index contributed by atoms with van der Waals surface area (Å²) in [5, 5.41) is 0. The maximum atomic E-state index is 11.8. The Hall–Kier alpha value is -0.370. The highest BCUT2D eigenvalue weighted by Gasteiger charge is 2.34. The van der Waals surface area contributed by atoms with Gasteiger partial charge in [-0.3, -0.25) is 4.79 Å². The second kappa shape index (κ2) is 4.65. The van der Waals surface area contributed by atoms with Gasteiger partial charge in [-0.05, 0) is 39.2 Å². The van der Waals surface area contributed by atoms with Crippen LogP contribution in [0, 0.1) is 11.3 Å². The van der Waals surface area contributed by atoms with Crippen molar-refractivity contribution in [3.63, 3.8) is 0 Å². The molecule has 0 aliphatic heterocycles. The Balaban J connectivity index is 2.55. The third-order valence-corrected chi connectivity index (χ3v) is 3.69. The lowest BCUT2D eigenvalue weighted by atomic mass is 9.71. The van der Waals surface area contributed by atoms with Crippen LogP contribution in [0.25, 0.3) is 0 Å². The van der Waals surface area contributed by atoms with E-state index in [0.717, 1.165) is 25.8 Å². The molecule has 1 aliphatic carbocycles. The van der Waals surface area contributed by atoms with Crippen LogP contribution in [-0.4, -0.2) is 30.3 Å². The Morgan fingerprint density at radius 2 is 2.07 bits per heavy atom. The summed E-state index contributed by atoms with van der Waals surface area (Å²) >= 11 is 0. The molecule has 1 unspecified atom stereocenters. The number of nitrogens with zero attached hydrogens (tertiary/aromatic N) is 1. The Labute approximate surface area is 94.0 Å². The van der Waals surface area contributed by atoms with Gasteiger partial charge in [0.2, 0.25) is 0 Å². The number of Topliss-reactive ketones (excluding diaryl/α,β-unsaturated/α-hetero) is 1. The average Bonchev–Trinajstić information content (AvgIpc) is 2.11. The zero-order chi connectivity index (χ0) is 11.6. The molecule has 1 rings (SSSR count). The number of ketones is 1. The largest absolute Gasteiger partial charge is 0.303 e. The van der Waals surface area contributed by atoms with E-state index in [0.29, 0.717) is 17.2 Å². The summed E-state index contributed by atoms with van der Waals surface area (Å²) in [5.41, 5.74) is 0.358. The van der Waals surface area contributed by atoms with E-state index in [2.05, 4.69) is 39.6 Å². The van der Waals surface area contributed by atoms with Crippen LogP contribution < -0.4 is 0 Å². The standard InChI is InChI=1S/C13H25NO/c1-10(2)14(5)9-11-8-13(3,4)7-6-12(11)15/h10-11H,6-9H2,1-5H3. The van der Waals surface area contributed by atoms with Gasteiger partial charge >= 0.3 is 0 Å². The normalized spacial score (nSPS) is 26.3. The highest BCUT2D eigenvalue weighted by atomic mass is 16.1. The van der Waals surface area contributed by atoms with Crippen molar-refractivity contribution in [3.05, 3.63) is 0 Å². The van der Waals surface area contributed by atoms with Gasteiger partial charge in [-0.1, -0.05) is 13.8 Å². The molecular formula is C13H25NO. The molecule has 1 saturated carbocycles. The zero-order valence-electron chi connectivity index (χ0n) is 10.8. The molecule has 0 bridgehead atoms. The van der Waals surface area contributed by atoms with E-state index in [1.165, 1.54) is 0 Å². The first-order valence-corrected chi connectivity index (χ1v) is 6.05. The Morgan fingerprint density at radius 1 is 1.47 bits per heavy atom. The van der Waals surface area contributed by atoms with E-state index in [4.69, 9.17) is 0 Å². The van der Waals surface area contributed by atoms with Crippen LogP contribution in [0.3, 0.4) is 0 Å². The van der Waals surface area contributed by atoms with Crippen LogP contribution in [0.2, 0.25) is 0 Å². The van der Waals surface area contributed by atoms with Gasteiger partial charge in [0.25, 0.3) is 0 Å². The van der Waals surface area contributed by atoms with Crippen LogP contribution in [0.5, 0.6) is 0 Å². The van der Waals surface area contributed by atoms with E-state index in [1.54, 1.807) is 0 Å². The van der Waals surface area contributed by atoms with Crippen LogP contribution in [0.1, 0.15) is 47.0 Å². The predicted octanol–water partition coefficient (Wildman–Crippen LogP) is 2.72. The van der Waals surface area contributed by atoms with Crippen LogP contribution in [-0.2, 0) is 4.79 Å². The van der Waals surface area contributed by atoms with Crippen LogP contribution in [0.15, 0.2) is 0 Å². The van der Waals surface area contributed by atoms with Crippen molar-refractivity contribution in [2.75, 3.05) is 13.6 Å². The van der Waals surface area contributed by atoms with Crippen molar-refractivity contribution in [2.45, 2.75) is 53.0 Å². The lowest BCUT2D eigenvalue weighted by molar-refractivity contribution is -0.127. The minimum absolute atomic E-state index is 0.265. The first-order valence-electron chi connectivity index (χ1n) is 6.05. The summed E-state index contributed by atoms with van der Waals surface area (Å²) in [7, 11) is 2.11.